The number of rotatable bonds is 7. The lowest BCUT2D eigenvalue weighted by atomic mass is 10.2. The molecule has 2 aromatic carbocycles. The number of carbonyl (C=O) groups excluding carboxylic acids is 2. The predicted octanol–water partition coefficient (Wildman–Crippen LogP) is 4.30. The van der Waals surface area contributed by atoms with Crippen LogP contribution >= 0.6 is 39.3 Å². The van der Waals surface area contributed by atoms with Crippen molar-refractivity contribution in [2.75, 3.05) is 14.2 Å². The van der Waals surface area contributed by atoms with Crippen molar-refractivity contribution in [2.24, 2.45) is 10.2 Å². The SMILES string of the molecule is COC(=O)/C=C1/S/C(=N\N=Cc2cc(OC)c(OCc3ccccc3Cl)cc2Br)NC1=O. The standard InChI is InChI=1S/C21H17BrClN3O5S/c1-29-16-7-13(10-24-26-21-25-20(28)18(32-21)9-19(27)30-2)14(22)8-17(16)31-11-12-5-3-4-6-15(12)23/h3-10H,11H2,1-2H3,(H,25,26,28)/b18-9+,24-10?. The summed E-state index contributed by atoms with van der Waals surface area (Å²) in [5, 5.41) is 11.4. The minimum atomic E-state index is -0.625. The summed E-state index contributed by atoms with van der Waals surface area (Å²) in [5.74, 6) is -0.0438. The third kappa shape index (κ3) is 6.12. The summed E-state index contributed by atoms with van der Waals surface area (Å²) >= 11 is 10.6. The quantitative estimate of drug-likeness (QED) is 0.244. The highest BCUT2D eigenvalue weighted by Crippen LogP contribution is 2.34. The topological polar surface area (TPSA) is 98.6 Å². The molecule has 0 spiro atoms. The van der Waals surface area contributed by atoms with Crippen molar-refractivity contribution in [3.05, 3.63) is 68.0 Å². The number of halogens is 2. The molecule has 0 atom stereocenters. The third-order valence-corrected chi connectivity index (χ3v) is 6.03. The Morgan fingerprint density at radius 1 is 1.25 bits per heavy atom. The first-order chi connectivity index (χ1) is 15.4. The maximum Gasteiger partial charge on any atom is 0.331 e. The molecule has 0 radical (unpaired) electrons. The summed E-state index contributed by atoms with van der Waals surface area (Å²) in [6.07, 6.45) is 2.58. The van der Waals surface area contributed by atoms with Crippen molar-refractivity contribution < 1.29 is 23.8 Å². The van der Waals surface area contributed by atoms with E-state index in [1.54, 1.807) is 18.2 Å². The fourth-order valence-corrected chi connectivity index (χ4v) is 3.83. The predicted molar refractivity (Wildman–Crippen MR) is 127 cm³/mol. The second-order valence-corrected chi connectivity index (χ2v) is 8.43. The number of amidine groups is 1. The maximum absolute atomic E-state index is 11.8. The normalized spacial score (nSPS) is 15.9. The van der Waals surface area contributed by atoms with Crippen LogP contribution in [0.2, 0.25) is 5.02 Å². The van der Waals surface area contributed by atoms with Gasteiger partial charge in [0.25, 0.3) is 5.91 Å². The maximum atomic E-state index is 11.8. The van der Waals surface area contributed by atoms with Crippen LogP contribution in [0.4, 0.5) is 0 Å². The largest absolute Gasteiger partial charge is 0.493 e. The average Bonchev–Trinajstić information content (AvgIpc) is 3.13. The highest BCUT2D eigenvalue weighted by Gasteiger charge is 2.25. The van der Waals surface area contributed by atoms with Crippen molar-refractivity contribution in [2.45, 2.75) is 6.61 Å². The van der Waals surface area contributed by atoms with Crippen LogP contribution in [-0.4, -0.2) is 37.5 Å². The zero-order valence-corrected chi connectivity index (χ0v) is 20.1. The van der Waals surface area contributed by atoms with Crippen LogP contribution in [0, 0.1) is 0 Å². The van der Waals surface area contributed by atoms with Crippen LogP contribution < -0.4 is 14.8 Å². The molecule has 1 fully saturated rings. The first kappa shape index (κ1) is 23.8. The number of benzene rings is 2. The lowest BCUT2D eigenvalue weighted by Crippen LogP contribution is -2.19. The average molecular weight is 539 g/mol. The Morgan fingerprint density at radius 3 is 2.75 bits per heavy atom. The van der Waals surface area contributed by atoms with Gasteiger partial charge in [-0.2, -0.15) is 5.10 Å². The zero-order valence-electron chi connectivity index (χ0n) is 16.9. The molecule has 32 heavy (non-hydrogen) atoms. The molecule has 2 aromatic rings. The second kappa shape index (κ2) is 11.2. The van der Waals surface area contributed by atoms with E-state index < -0.39 is 11.9 Å². The molecular weight excluding hydrogens is 522 g/mol. The van der Waals surface area contributed by atoms with Gasteiger partial charge in [-0.25, -0.2) is 4.79 Å². The summed E-state index contributed by atoms with van der Waals surface area (Å²) < 4.78 is 16.5. The van der Waals surface area contributed by atoms with E-state index in [1.165, 1.54) is 20.4 Å². The number of nitrogens with one attached hydrogen (secondary N) is 1. The van der Waals surface area contributed by atoms with Crippen molar-refractivity contribution >= 4 is 62.6 Å². The van der Waals surface area contributed by atoms with Gasteiger partial charge in [0.2, 0.25) is 0 Å². The number of thioether (sulfide) groups is 1. The van der Waals surface area contributed by atoms with Crippen LogP contribution in [0.25, 0.3) is 0 Å². The zero-order chi connectivity index (χ0) is 23.1. The van der Waals surface area contributed by atoms with Gasteiger partial charge in [0.15, 0.2) is 16.7 Å². The number of hydrogen-bond donors (Lipinski definition) is 1. The molecule has 0 aliphatic carbocycles. The van der Waals surface area contributed by atoms with E-state index >= 15 is 0 Å². The Hall–Kier alpha value is -2.82. The summed E-state index contributed by atoms with van der Waals surface area (Å²) in [6.45, 7) is 0.280. The number of amides is 1. The van der Waals surface area contributed by atoms with E-state index in [2.05, 4.69) is 36.2 Å². The van der Waals surface area contributed by atoms with Gasteiger partial charge >= 0.3 is 5.97 Å². The fourth-order valence-electron chi connectivity index (χ4n) is 2.48. The molecule has 1 aliphatic heterocycles. The summed E-state index contributed by atoms with van der Waals surface area (Å²) in [5.41, 5.74) is 1.53. The molecule has 0 bridgehead atoms. The van der Waals surface area contributed by atoms with Crippen molar-refractivity contribution in [3.8, 4) is 11.5 Å². The van der Waals surface area contributed by atoms with Gasteiger partial charge in [0.05, 0.1) is 25.3 Å². The Labute approximate surface area is 201 Å². The van der Waals surface area contributed by atoms with Crippen LogP contribution in [0.15, 0.2) is 62.1 Å². The Morgan fingerprint density at radius 2 is 2.03 bits per heavy atom. The molecule has 1 N–H and O–H groups in total. The van der Waals surface area contributed by atoms with E-state index in [4.69, 9.17) is 21.1 Å². The first-order valence-corrected chi connectivity index (χ1v) is 11.0. The Bertz CT molecular complexity index is 1140. The van der Waals surface area contributed by atoms with Gasteiger partial charge in [0, 0.05) is 26.7 Å². The van der Waals surface area contributed by atoms with Crippen molar-refractivity contribution in [1.29, 1.82) is 0 Å². The van der Waals surface area contributed by atoms with Gasteiger partial charge in [-0.3, -0.25) is 10.1 Å². The van der Waals surface area contributed by atoms with E-state index in [0.717, 1.165) is 23.4 Å². The lowest BCUT2D eigenvalue weighted by molar-refractivity contribution is -0.135. The summed E-state index contributed by atoms with van der Waals surface area (Å²) in [4.78, 5) is 23.3. The Kier molecular flexibility index (Phi) is 8.32. The minimum Gasteiger partial charge on any atom is -0.493 e. The van der Waals surface area contributed by atoms with E-state index in [9.17, 15) is 9.59 Å². The molecule has 1 heterocycles. The molecule has 1 saturated heterocycles. The fraction of sp³-hybridized carbons (Fsp3) is 0.143. The monoisotopic (exact) mass is 537 g/mol. The molecule has 0 aromatic heterocycles. The Balaban J connectivity index is 1.72. The van der Waals surface area contributed by atoms with E-state index in [1.807, 2.05) is 18.2 Å². The van der Waals surface area contributed by atoms with Crippen molar-refractivity contribution in [1.82, 2.24) is 5.32 Å². The number of esters is 1. The number of hydrogen-bond acceptors (Lipinski definition) is 8. The molecule has 3 rings (SSSR count). The molecule has 1 aliphatic rings. The highest BCUT2D eigenvalue weighted by atomic mass is 79.9. The smallest absolute Gasteiger partial charge is 0.331 e. The number of carbonyl (C=O) groups is 2. The van der Waals surface area contributed by atoms with E-state index in [-0.39, 0.29) is 16.7 Å². The van der Waals surface area contributed by atoms with Gasteiger partial charge in [-0.1, -0.05) is 29.8 Å². The van der Waals surface area contributed by atoms with Gasteiger partial charge in [0.1, 0.15) is 6.61 Å². The molecule has 1 amide bonds. The number of methoxy groups -OCH3 is 2. The van der Waals surface area contributed by atoms with Crippen molar-refractivity contribution in [3.63, 3.8) is 0 Å². The summed E-state index contributed by atoms with van der Waals surface area (Å²) in [6, 6.07) is 10.9. The van der Waals surface area contributed by atoms with E-state index in [0.29, 0.717) is 26.6 Å². The van der Waals surface area contributed by atoms with Crippen LogP contribution in [-0.2, 0) is 20.9 Å². The van der Waals surface area contributed by atoms with Crippen LogP contribution in [0.3, 0.4) is 0 Å². The number of ether oxygens (including phenoxy) is 3. The summed E-state index contributed by atoms with van der Waals surface area (Å²) in [7, 11) is 2.77. The third-order valence-electron chi connectivity index (χ3n) is 4.07. The number of nitrogens with zero attached hydrogens (tertiary/aromatic N) is 2. The van der Waals surface area contributed by atoms with Gasteiger partial charge in [-0.15, -0.1) is 5.10 Å². The minimum absolute atomic E-state index is 0.175. The molecule has 0 saturated carbocycles. The second-order valence-electron chi connectivity index (χ2n) is 6.14. The highest BCUT2D eigenvalue weighted by molar-refractivity contribution is 9.10. The molecular formula is C21H17BrClN3O5S. The lowest BCUT2D eigenvalue weighted by Gasteiger charge is -2.13. The molecule has 0 unspecified atom stereocenters. The molecule has 8 nitrogen and oxygen atoms in total. The van der Waals surface area contributed by atoms with Crippen LogP contribution in [0.5, 0.6) is 11.5 Å². The van der Waals surface area contributed by atoms with Gasteiger partial charge < -0.3 is 14.2 Å². The first-order valence-electron chi connectivity index (χ1n) is 9.05. The molecule has 166 valence electrons. The van der Waals surface area contributed by atoms with Gasteiger partial charge in [-0.05, 0) is 45.9 Å². The molecule has 11 heteroatoms. The van der Waals surface area contributed by atoms with Crippen LogP contribution in [0.1, 0.15) is 11.1 Å².